The van der Waals surface area contributed by atoms with Crippen molar-refractivity contribution in [3.05, 3.63) is 35.6 Å². The van der Waals surface area contributed by atoms with Gasteiger partial charge in [-0.3, -0.25) is 4.99 Å². The molecule has 21 heavy (non-hydrogen) atoms. The number of ether oxygens (including phenoxy) is 1. The quantitative estimate of drug-likeness (QED) is 0.432. The summed E-state index contributed by atoms with van der Waals surface area (Å²) in [6.07, 6.45) is 0.742. The van der Waals surface area contributed by atoms with E-state index in [0.29, 0.717) is 19.0 Å². The van der Waals surface area contributed by atoms with Gasteiger partial charge < -0.3 is 15.4 Å². The minimum Gasteiger partial charge on any atom is -0.377 e. The summed E-state index contributed by atoms with van der Waals surface area (Å²) in [5.74, 6) is 0.512. The fourth-order valence-electron chi connectivity index (χ4n) is 1.61. The minimum absolute atomic E-state index is 0. The van der Waals surface area contributed by atoms with Crippen LogP contribution >= 0.6 is 24.0 Å². The molecule has 120 valence electrons. The van der Waals surface area contributed by atoms with Crippen molar-refractivity contribution < 1.29 is 9.13 Å². The number of hydrogen-bond donors (Lipinski definition) is 2. The molecule has 0 aliphatic heterocycles. The van der Waals surface area contributed by atoms with Gasteiger partial charge in [-0.25, -0.2) is 4.39 Å². The van der Waals surface area contributed by atoms with Gasteiger partial charge in [0.2, 0.25) is 0 Å². The second-order valence-electron chi connectivity index (χ2n) is 5.20. The molecule has 0 aliphatic rings. The maximum atomic E-state index is 13.0. The van der Waals surface area contributed by atoms with Crippen LogP contribution in [0.1, 0.15) is 19.4 Å². The van der Waals surface area contributed by atoms with Crippen molar-refractivity contribution in [2.75, 3.05) is 27.2 Å². The van der Waals surface area contributed by atoms with Gasteiger partial charge in [-0.05, 0) is 38.0 Å². The van der Waals surface area contributed by atoms with Crippen LogP contribution in [0.3, 0.4) is 0 Å². The summed E-state index contributed by atoms with van der Waals surface area (Å²) >= 11 is 0. The van der Waals surface area contributed by atoms with Crippen LogP contribution in [0, 0.1) is 5.82 Å². The molecule has 0 radical (unpaired) electrons. The Balaban J connectivity index is 0.00000400. The second kappa shape index (κ2) is 9.94. The molecule has 0 spiro atoms. The molecule has 6 heteroatoms. The van der Waals surface area contributed by atoms with Crippen LogP contribution in [-0.2, 0) is 11.2 Å². The molecule has 0 unspecified atom stereocenters. The van der Waals surface area contributed by atoms with Crippen molar-refractivity contribution in [3.8, 4) is 0 Å². The summed E-state index contributed by atoms with van der Waals surface area (Å²) in [5.41, 5.74) is 0.713. The summed E-state index contributed by atoms with van der Waals surface area (Å²) in [7, 11) is 3.40. The first-order valence-corrected chi connectivity index (χ1v) is 6.71. The highest BCUT2D eigenvalue weighted by atomic mass is 127. The minimum atomic E-state index is -0.250. The van der Waals surface area contributed by atoms with E-state index in [1.807, 2.05) is 19.9 Å². The van der Waals surface area contributed by atoms with Crippen LogP contribution in [0.2, 0.25) is 0 Å². The smallest absolute Gasteiger partial charge is 0.191 e. The van der Waals surface area contributed by atoms with Gasteiger partial charge in [0, 0.05) is 27.2 Å². The van der Waals surface area contributed by atoms with Crippen LogP contribution in [0.15, 0.2) is 29.3 Å². The van der Waals surface area contributed by atoms with E-state index in [1.54, 1.807) is 26.3 Å². The Morgan fingerprint density at radius 3 is 2.62 bits per heavy atom. The zero-order chi connectivity index (χ0) is 15.0. The molecule has 0 fully saturated rings. The highest BCUT2D eigenvalue weighted by Crippen LogP contribution is 2.05. The first-order valence-electron chi connectivity index (χ1n) is 6.71. The van der Waals surface area contributed by atoms with Gasteiger partial charge in [0.05, 0.1) is 5.60 Å². The monoisotopic (exact) mass is 409 g/mol. The highest BCUT2D eigenvalue weighted by Gasteiger charge is 2.16. The van der Waals surface area contributed by atoms with Crippen molar-refractivity contribution in [2.45, 2.75) is 25.9 Å². The molecule has 0 aromatic heterocycles. The molecular formula is C15H25FIN3O. The van der Waals surface area contributed by atoms with Crippen LogP contribution in [0.5, 0.6) is 0 Å². The lowest BCUT2D eigenvalue weighted by molar-refractivity contribution is 0.0268. The van der Waals surface area contributed by atoms with E-state index in [-0.39, 0.29) is 35.4 Å². The number of nitrogens with zero attached hydrogens (tertiary/aromatic N) is 1. The van der Waals surface area contributed by atoms with Gasteiger partial charge in [-0.15, -0.1) is 24.0 Å². The molecule has 0 bridgehead atoms. The van der Waals surface area contributed by atoms with Crippen molar-refractivity contribution in [1.29, 1.82) is 0 Å². The summed E-state index contributed by atoms with van der Waals surface area (Å²) in [4.78, 5) is 4.14. The topological polar surface area (TPSA) is 45.7 Å². The first kappa shape index (κ1) is 20.1. The summed E-state index contributed by atoms with van der Waals surface area (Å²) in [6, 6.07) is 6.63. The van der Waals surface area contributed by atoms with E-state index < -0.39 is 0 Å². The number of nitrogens with one attached hydrogen (secondary N) is 2. The van der Waals surface area contributed by atoms with Gasteiger partial charge in [0.1, 0.15) is 5.82 Å². The average Bonchev–Trinajstić information content (AvgIpc) is 2.42. The van der Waals surface area contributed by atoms with Crippen molar-refractivity contribution in [2.24, 2.45) is 4.99 Å². The largest absolute Gasteiger partial charge is 0.377 e. The number of rotatable bonds is 6. The molecule has 0 saturated heterocycles. The SMILES string of the molecule is CN=C(NCCc1cccc(F)c1)NCC(C)(C)OC.I. The number of hydrogen-bond acceptors (Lipinski definition) is 2. The summed E-state index contributed by atoms with van der Waals surface area (Å²) in [6.45, 7) is 5.35. The Morgan fingerprint density at radius 2 is 2.05 bits per heavy atom. The number of halogens is 2. The van der Waals surface area contributed by atoms with Crippen LogP contribution in [0.4, 0.5) is 4.39 Å². The van der Waals surface area contributed by atoms with Crippen LogP contribution in [0.25, 0.3) is 0 Å². The molecule has 0 aliphatic carbocycles. The molecular weight excluding hydrogens is 384 g/mol. The number of methoxy groups -OCH3 is 1. The zero-order valence-corrected chi connectivity index (χ0v) is 15.4. The number of guanidine groups is 1. The normalized spacial score (nSPS) is 11.8. The third-order valence-corrected chi connectivity index (χ3v) is 3.05. The first-order chi connectivity index (χ1) is 9.46. The molecule has 1 rings (SSSR count). The lowest BCUT2D eigenvalue weighted by Crippen LogP contribution is -2.45. The van der Waals surface area contributed by atoms with Gasteiger partial charge in [-0.1, -0.05) is 12.1 Å². The van der Waals surface area contributed by atoms with E-state index in [1.165, 1.54) is 6.07 Å². The Kier molecular flexibility index (Phi) is 9.52. The molecule has 1 aromatic carbocycles. The van der Waals surface area contributed by atoms with E-state index in [9.17, 15) is 4.39 Å². The zero-order valence-electron chi connectivity index (χ0n) is 13.1. The predicted molar refractivity (Wildman–Crippen MR) is 96.0 cm³/mol. The lowest BCUT2D eigenvalue weighted by atomic mass is 10.1. The maximum absolute atomic E-state index is 13.0. The Bertz CT molecular complexity index is 452. The third-order valence-electron chi connectivity index (χ3n) is 3.05. The van der Waals surface area contributed by atoms with E-state index >= 15 is 0 Å². The number of aliphatic imine (C=N–C) groups is 1. The molecule has 2 N–H and O–H groups in total. The fourth-order valence-corrected chi connectivity index (χ4v) is 1.61. The average molecular weight is 409 g/mol. The van der Waals surface area contributed by atoms with Gasteiger partial charge >= 0.3 is 0 Å². The Hall–Kier alpha value is -0.890. The van der Waals surface area contributed by atoms with Crippen LogP contribution < -0.4 is 10.6 Å². The second-order valence-corrected chi connectivity index (χ2v) is 5.20. The van der Waals surface area contributed by atoms with Crippen molar-refractivity contribution >= 4 is 29.9 Å². The maximum Gasteiger partial charge on any atom is 0.191 e. The molecule has 0 heterocycles. The van der Waals surface area contributed by atoms with E-state index in [2.05, 4.69) is 15.6 Å². The highest BCUT2D eigenvalue weighted by molar-refractivity contribution is 14.0. The standard InChI is InChI=1S/C15H24FN3O.HI/c1-15(2,20-4)11-19-14(17-3)18-9-8-12-6-5-7-13(16)10-12;/h5-7,10H,8-9,11H2,1-4H3,(H2,17,18,19);1H. The van der Waals surface area contributed by atoms with Gasteiger partial charge in [0.25, 0.3) is 0 Å². The van der Waals surface area contributed by atoms with Crippen molar-refractivity contribution in [1.82, 2.24) is 10.6 Å². The summed E-state index contributed by atoms with van der Waals surface area (Å²) < 4.78 is 18.4. The van der Waals surface area contributed by atoms with Crippen molar-refractivity contribution in [3.63, 3.8) is 0 Å². The van der Waals surface area contributed by atoms with E-state index in [0.717, 1.165) is 12.0 Å². The molecule has 0 amide bonds. The van der Waals surface area contributed by atoms with E-state index in [4.69, 9.17) is 4.74 Å². The molecule has 0 saturated carbocycles. The predicted octanol–water partition coefficient (Wildman–Crippen LogP) is 2.58. The lowest BCUT2D eigenvalue weighted by Gasteiger charge is -2.24. The molecule has 1 aromatic rings. The van der Waals surface area contributed by atoms with Gasteiger partial charge in [0.15, 0.2) is 5.96 Å². The number of benzene rings is 1. The third kappa shape index (κ3) is 8.21. The Morgan fingerprint density at radius 1 is 1.33 bits per heavy atom. The molecule has 0 atom stereocenters. The Labute approximate surface area is 143 Å². The fraction of sp³-hybridized carbons (Fsp3) is 0.533. The molecule has 4 nitrogen and oxygen atoms in total. The van der Waals surface area contributed by atoms with Crippen LogP contribution in [-0.4, -0.2) is 38.8 Å². The summed E-state index contributed by atoms with van der Waals surface area (Å²) in [5, 5.41) is 6.39. The van der Waals surface area contributed by atoms with Gasteiger partial charge in [-0.2, -0.15) is 0 Å².